The number of fused-ring (bicyclic) bond motifs is 2. The number of rotatable bonds is 7. The zero-order chi connectivity index (χ0) is 29.8. The molecule has 0 bridgehead atoms. The molecule has 3 atom stereocenters. The Morgan fingerprint density at radius 2 is 1.98 bits per heavy atom. The first-order chi connectivity index (χ1) is 20.2. The van der Waals surface area contributed by atoms with Crippen molar-refractivity contribution in [3.8, 4) is 17.2 Å². The van der Waals surface area contributed by atoms with Crippen LogP contribution in [0.5, 0.6) is 17.2 Å². The average molecular weight is 577 g/mol. The van der Waals surface area contributed by atoms with E-state index in [9.17, 15) is 19.5 Å². The van der Waals surface area contributed by atoms with E-state index in [1.165, 1.54) is 23.5 Å². The number of anilines is 2. The maximum absolute atomic E-state index is 13.7. The fourth-order valence-corrected chi connectivity index (χ4v) is 4.71. The van der Waals surface area contributed by atoms with E-state index in [1.807, 2.05) is 6.92 Å². The predicted octanol–water partition coefficient (Wildman–Crippen LogP) is 2.84. The standard InChI is InChI=1S/C29H32N6O7/c1-17-13-35(18(2)15-36)28(38)20-5-4-6-21(33-27(37)22-12-30-9-10-31-22)26(20)42-25(17)14-34(3)29(39)32-19-7-8-23-24(11-19)41-16-40-23/h4-12,17-18,25,36H,13-16H2,1-3H3,(H,32,39)(H,33,37)/t17-,18-,25+/m0/s1. The second kappa shape index (κ2) is 12.3. The quantitative estimate of drug-likeness (QED) is 0.385. The summed E-state index contributed by atoms with van der Waals surface area (Å²) >= 11 is 0. The van der Waals surface area contributed by atoms with Gasteiger partial charge in [-0.25, -0.2) is 9.78 Å². The molecular formula is C29H32N6O7. The van der Waals surface area contributed by atoms with Crippen molar-refractivity contribution in [1.82, 2.24) is 19.8 Å². The van der Waals surface area contributed by atoms with Gasteiger partial charge in [0.1, 0.15) is 11.8 Å². The highest BCUT2D eigenvalue weighted by Crippen LogP contribution is 2.36. The number of likely N-dealkylation sites (N-methyl/N-ethyl adjacent to an activating group) is 1. The Bertz CT molecular complexity index is 1470. The Morgan fingerprint density at radius 1 is 1.17 bits per heavy atom. The van der Waals surface area contributed by atoms with Crippen LogP contribution in [0.15, 0.2) is 55.0 Å². The highest BCUT2D eigenvalue weighted by molar-refractivity contribution is 6.06. The zero-order valence-electron chi connectivity index (χ0n) is 23.4. The van der Waals surface area contributed by atoms with Crippen molar-refractivity contribution in [1.29, 1.82) is 0 Å². The van der Waals surface area contributed by atoms with Gasteiger partial charge < -0.3 is 39.8 Å². The largest absolute Gasteiger partial charge is 0.485 e. The Hall–Kier alpha value is -4.91. The van der Waals surface area contributed by atoms with E-state index in [1.54, 1.807) is 55.3 Å². The Morgan fingerprint density at radius 3 is 2.74 bits per heavy atom. The fraction of sp³-hybridized carbons (Fsp3) is 0.345. The summed E-state index contributed by atoms with van der Waals surface area (Å²) in [5.74, 6) is 0.177. The third-order valence-electron chi connectivity index (χ3n) is 7.16. The summed E-state index contributed by atoms with van der Waals surface area (Å²) in [7, 11) is 1.64. The first-order valence-corrected chi connectivity index (χ1v) is 13.5. The number of ether oxygens (including phenoxy) is 3. The van der Waals surface area contributed by atoms with Crippen LogP contribution in [0.2, 0.25) is 0 Å². The van der Waals surface area contributed by atoms with Gasteiger partial charge in [0.15, 0.2) is 17.2 Å². The second-order valence-corrected chi connectivity index (χ2v) is 10.2. The SMILES string of the molecule is C[C@H]1CN([C@@H](C)CO)C(=O)c2cccc(NC(=O)c3cnccn3)c2O[C@@H]1CN(C)C(=O)Nc1ccc2c(c1)OCO2. The minimum absolute atomic E-state index is 0.0904. The number of nitrogens with zero attached hydrogens (tertiary/aromatic N) is 4. The number of aliphatic hydroxyl groups excluding tert-OH is 1. The molecule has 3 aromatic rings. The molecule has 2 aliphatic heterocycles. The average Bonchev–Trinajstić information content (AvgIpc) is 3.47. The van der Waals surface area contributed by atoms with Crippen LogP contribution in [0.3, 0.4) is 0 Å². The van der Waals surface area contributed by atoms with Crippen molar-refractivity contribution < 1.29 is 33.7 Å². The first-order valence-electron chi connectivity index (χ1n) is 13.5. The molecule has 4 amide bonds. The maximum atomic E-state index is 13.7. The number of carbonyl (C=O) groups is 3. The fourth-order valence-electron chi connectivity index (χ4n) is 4.71. The summed E-state index contributed by atoms with van der Waals surface area (Å²) in [5.41, 5.74) is 1.11. The van der Waals surface area contributed by atoms with Crippen LogP contribution >= 0.6 is 0 Å². The van der Waals surface area contributed by atoms with Crippen LogP contribution in [-0.2, 0) is 0 Å². The van der Waals surface area contributed by atoms with Gasteiger partial charge in [-0.05, 0) is 31.2 Å². The van der Waals surface area contributed by atoms with E-state index >= 15 is 0 Å². The minimum atomic E-state index is -0.590. The van der Waals surface area contributed by atoms with Gasteiger partial charge in [-0.2, -0.15) is 0 Å². The molecule has 5 rings (SSSR count). The van der Waals surface area contributed by atoms with Crippen molar-refractivity contribution in [2.75, 3.05) is 44.2 Å². The minimum Gasteiger partial charge on any atom is -0.485 e. The van der Waals surface area contributed by atoms with E-state index in [0.717, 1.165) is 0 Å². The summed E-state index contributed by atoms with van der Waals surface area (Å²) in [6, 6.07) is 9.14. The van der Waals surface area contributed by atoms with Crippen molar-refractivity contribution in [2.45, 2.75) is 26.0 Å². The molecular weight excluding hydrogens is 544 g/mol. The lowest BCUT2D eigenvalue weighted by molar-refractivity contribution is 0.0372. The van der Waals surface area contributed by atoms with Crippen molar-refractivity contribution >= 4 is 29.2 Å². The molecule has 3 heterocycles. The third kappa shape index (κ3) is 6.05. The van der Waals surface area contributed by atoms with Crippen LogP contribution in [0.1, 0.15) is 34.7 Å². The van der Waals surface area contributed by atoms with Crippen LogP contribution in [0.4, 0.5) is 16.2 Å². The van der Waals surface area contributed by atoms with Gasteiger partial charge in [0.2, 0.25) is 6.79 Å². The Labute approximate surface area is 242 Å². The van der Waals surface area contributed by atoms with Crippen LogP contribution in [0, 0.1) is 5.92 Å². The number of nitrogens with one attached hydrogen (secondary N) is 2. The molecule has 2 aromatic carbocycles. The number of urea groups is 1. The van der Waals surface area contributed by atoms with E-state index in [2.05, 4.69) is 20.6 Å². The van der Waals surface area contributed by atoms with Crippen LogP contribution in [0.25, 0.3) is 0 Å². The molecule has 0 radical (unpaired) electrons. The van der Waals surface area contributed by atoms with Crippen LogP contribution in [-0.4, -0.2) is 88.4 Å². The molecule has 1 aromatic heterocycles. The molecule has 0 saturated heterocycles. The number of carbonyl (C=O) groups excluding carboxylic acids is 3. The Kier molecular flexibility index (Phi) is 8.38. The number of hydrogen-bond donors (Lipinski definition) is 3. The predicted molar refractivity (Wildman–Crippen MR) is 152 cm³/mol. The monoisotopic (exact) mass is 576 g/mol. The van der Waals surface area contributed by atoms with Gasteiger partial charge in [0, 0.05) is 43.7 Å². The first kappa shape index (κ1) is 28.6. The van der Waals surface area contributed by atoms with E-state index in [4.69, 9.17) is 14.2 Å². The van der Waals surface area contributed by atoms with Crippen LogP contribution < -0.4 is 24.8 Å². The summed E-state index contributed by atoms with van der Waals surface area (Å²) in [4.78, 5) is 50.8. The molecule has 0 saturated carbocycles. The van der Waals surface area contributed by atoms with E-state index < -0.39 is 18.1 Å². The third-order valence-corrected chi connectivity index (χ3v) is 7.16. The number of para-hydroxylation sites is 1. The molecule has 220 valence electrons. The van der Waals surface area contributed by atoms with Gasteiger partial charge in [0.05, 0.1) is 36.6 Å². The number of amides is 4. The summed E-state index contributed by atoms with van der Waals surface area (Å²) in [6.45, 7) is 3.98. The maximum Gasteiger partial charge on any atom is 0.321 e. The zero-order valence-corrected chi connectivity index (χ0v) is 23.4. The number of benzene rings is 2. The summed E-state index contributed by atoms with van der Waals surface area (Å²) in [6.07, 6.45) is 3.60. The topological polar surface area (TPSA) is 155 Å². The van der Waals surface area contributed by atoms with Gasteiger partial charge in [0.25, 0.3) is 11.8 Å². The molecule has 13 nitrogen and oxygen atoms in total. The molecule has 0 unspecified atom stereocenters. The van der Waals surface area contributed by atoms with Gasteiger partial charge >= 0.3 is 6.03 Å². The summed E-state index contributed by atoms with van der Waals surface area (Å²) < 4.78 is 17.2. The van der Waals surface area contributed by atoms with Crippen molar-refractivity contribution in [3.63, 3.8) is 0 Å². The van der Waals surface area contributed by atoms with E-state index in [-0.39, 0.29) is 67.0 Å². The van der Waals surface area contributed by atoms with Gasteiger partial charge in [-0.1, -0.05) is 13.0 Å². The normalized spacial score (nSPS) is 18.2. The van der Waals surface area contributed by atoms with E-state index in [0.29, 0.717) is 17.2 Å². The molecule has 2 aliphatic rings. The molecule has 13 heteroatoms. The molecule has 0 aliphatic carbocycles. The highest BCUT2D eigenvalue weighted by Gasteiger charge is 2.35. The molecule has 3 N–H and O–H groups in total. The van der Waals surface area contributed by atoms with Crippen molar-refractivity contribution in [3.05, 3.63) is 66.2 Å². The van der Waals surface area contributed by atoms with Crippen molar-refractivity contribution in [2.24, 2.45) is 5.92 Å². The lowest BCUT2D eigenvalue weighted by atomic mass is 9.99. The lowest BCUT2D eigenvalue weighted by Crippen LogP contribution is -2.50. The lowest BCUT2D eigenvalue weighted by Gasteiger charge is -2.38. The van der Waals surface area contributed by atoms with Gasteiger partial charge in [-0.3, -0.25) is 14.6 Å². The number of aliphatic hydroxyl groups is 1. The molecule has 0 spiro atoms. The molecule has 0 fully saturated rings. The summed E-state index contributed by atoms with van der Waals surface area (Å²) in [5, 5.41) is 15.5. The van der Waals surface area contributed by atoms with Gasteiger partial charge in [-0.15, -0.1) is 0 Å². The number of aromatic nitrogens is 2. The molecule has 42 heavy (non-hydrogen) atoms. The highest BCUT2D eigenvalue weighted by atomic mass is 16.7. The Balaban J connectivity index is 1.41. The number of hydrogen-bond acceptors (Lipinski definition) is 9. The smallest absolute Gasteiger partial charge is 0.321 e. The second-order valence-electron chi connectivity index (χ2n) is 10.2.